The van der Waals surface area contributed by atoms with E-state index in [0.29, 0.717) is 34.4 Å². The molecule has 1 N–H and O–H groups in total. The molecule has 3 rings (SSSR count). The summed E-state index contributed by atoms with van der Waals surface area (Å²) in [7, 11) is 4.56. The van der Waals surface area contributed by atoms with Crippen molar-refractivity contribution in [2.24, 2.45) is 0 Å². The van der Waals surface area contributed by atoms with E-state index < -0.39 is 5.91 Å². The standard InChI is InChI=1S/C25H29ClN2O5/c1-16-9-7-8-12-28(16)25(30)20(27-24(29)18-10-5-6-11-19(18)26)13-17-14-21(31-2)23(33-4)22(15-17)32-3/h5-6,10-11,13-16H,7-9,12H2,1-4H3,(H,27,29). The zero-order valence-corrected chi connectivity index (χ0v) is 20.1. The van der Waals surface area contributed by atoms with E-state index in [4.69, 9.17) is 25.8 Å². The molecule has 33 heavy (non-hydrogen) atoms. The number of benzene rings is 2. The second-order valence-electron chi connectivity index (χ2n) is 7.79. The lowest BCUT2D eigenvalue weighted by Crippen LogP contribution is -2.45. The first-order valence-electron chi connectivity index (χ1n) is 10.8. The minimum Gasteiger partial charge on any atom is -0.493 e. The first kappa shape index (κ1) is 24.5. The summed E-state index contributed by atoms with van der Waals surface area (Å²) in [4.78, 5) is 28.3. The van der Waals surface area contributed by atoms with E-state index in [1.54, 1.807) is 47.4 Å². The molecule has 0 aliphatic carbocycles. The fraction of sp³-hybridized carbons (Fsp3) is 0.360. The number of ether oxygens (including phenoxy) is 3. The molecule has 0 spiro atoms. The number of amides is 2. The van der Waals surface area contributed by atoms with Gasteiger partial charge in [-0.3, -0.25) is 9.59 Å². The summed E-state index contributed by atoms with van der Waals surface area (Å²) in [5, 5.41) is 3.08. The molecule has 0 saturated carbocycles. The van der Waals surface area contributed by atoms with E-state index in [0.717, 1.165) is 19.3 Å². The molecule has 176 valence electrons. The van der Waals surface area contributed by atoms with Gasteiger partial charge in [0, 0.05) is 12.6 Å². The molecular weight excluding hydrogens is 444 g/mol. The number of methoxy groups -OCH3 is 3. The Kier molecular flexibility index (Phi) is 8.22. The highest BCUT2D eigenvalue weighted by Gasteiger charge is 2.27. The van der Waals surface area contributed by atoms with Gasteiger partial charge in [-0.05, 0) is 62.1 Å². The Hall–Kier alpha value is -3.19. The highest BCUT2D eigenvalue weighted by atomic mass is 35.5. The summed E-state index contributed by atoms with van der Waals surface area (Å²) in [6, 6.07) is 10.2. The summed E-state index contributed by atoms with van der Waals surface area (Å²) in [6.45, 7) is 2.65. The normalized spacial score (nSPS) is 16.2. The van der Waals surface area contributed by atoms with Gasteiger partial charge in [0.1, 0.15) is 5.70 Å². The van der Waals surface area contributed by atoms with Gasteiger partial charge in [-0.25, -0.2) is 0 Å². The summed E-state index contributed by atoms with van der Waals surface area (Å²) >= 11 is 6.20. The van der Waals surface area contributed by atoms with Gasteiger partial charge in [-0.2, -0.15) is 0 Å². The maximum absolute atomic E-state index is 13.5. The Morgan fingerprint density at radius 3 is 2.30 bits per heavy atom. The first-order chi connectivity index (χ1) is 15.9. The van der Waals surface area contributed by atoms with Crippen LogP contribution in [0.1, 0.15) is 42.1 Å². The predicted octanol–water partition coefficient (Wildman–Crippen LogP) is 4.54. The van der Waals surface area contributed by atoms with Crippen molar-refractivity contribution in [2.45, 2.75) is 32.2 Å². The fourth-order valence-electron chi connectivity index (χ4n) is 3.89. The Labute approximate surface area is 199 Å². The highest BCUT2D eigenvalue weighted by Crippen LogP contribution is 2.38. The van der Waals surface area contributed by atoms with Crippen LogP contribution < -0.4 is 19.5 Å². The van der Waals surface area contributed by atoms with Crippen molar-refractivity contribution in [3.63, 3.8) is 0 Å². The van der Waals surface area contributed by atoms with Crippen molar-refractivity contribution in [2.75, 3.05) is 27.9 Å². The molecule has 1 aliphatic heterocycles. The average molecular weight is 473 g/mol. The lowest BCUT2D eigenvalue weighted by molar-refractivity contribution is -0.130. The monoisotopic (exact) mass is 472 g/mol. The van der Waals surface area contributed by atoms with Crippen LogP contribution in [0.15, 0.2) is 42.1 Å². The van der Waals surface area contributed by atoms with E-state index in [2.05, 4.69) is 5.32 Å². The van der Waals surface area contributed by atoms with Gasteiger partial charge in [0.15, 0.2) is 11.5 Å². The second kappa shape index (κ2) is 11.1. The number of likely N-dealkylation sites (tertiary alicyclic amines) is 1. The maximum atomic E-state index is 13.5. The van der Waals surface area contributed by atoms with Crippen LogP contribution in [0, 0.1) is 0 Å². The van der Waals surface area contributed by atoms with Gasteiger partial charge in [-0.1, -0.05) is 23.7 Å². The molecule has 2 amide bonds. The van der Waals surface area contributed by atoms with Crippen LogP contribution in [0.2, 0.25) is 5.02 Å². The van der Waals surface area contributed by atoms with E-state index >= 15 is 0 Å². The molecule has 0 bridgehead atoms. The average Bonchev–Trinajstić information content (AvgIpc) is 2.83. The number of nitrogens with one attached hydrogen (secondary N) is 1. The zero-order chi connectivity index (χ0) is 24.0. The Morgan fingerprint density at radius 2 is 1.73 bits per heavy atom. The summed E-state index contributed by atoms with van der Waals surface area (Å²) < 4.78 is 16.2. The summed E-state index contributed by atoms with van der Waals surface area (Å²) in [6.07, 6.45) is 4.53. The molecule has 1 saturated heterocycles. The minimum atomic E-state index is -0.461. The molecule has 1 aliphatic rings. The third-order valence-electron chi connectivity index (χ3n) is 5.66. The van der Waals surface area contributed by atoms with Gasteiger partial charge in [-0.15, -0.1) is 0 Å². The van der Waals surface area contributed by atoms with Crippen LogP contribution in [-0.4, -0.2) is 50.6 Å². The lowest BCUT2D eigenvalue weighted by Gasteiger charge is -2.34. The fourth-order valence-corrected chi connectivity index (χ4v) is 4.11. The second-order valence-corrected chi connectivity index (χ2v) is 8.20. The topological polar surface area (TPSA) is 77.1 Å². The molecule has 2 aromatic rings. The molecule has 1 heterocycles. The van der Waals surface area contributed by atoms with Gasteiger partial charge < -0.3 is 24.4 Å². The summed E-state index contributed by atoms with van der Waals surface area (Å²) in [5.41, 5.74) is 1.04. The van der Waals surface area contributed by atoms with Gasteiger partial charge in [0.2, 0.25) is 5.75 Å². The molecule has 8 heteroatoms. The number of carbonyl (C=O) groups excluding carboxylic acids is 2. The van der Waals surface area contributed by atoms with Gasteiger partial charge >= 0.3 is 0 Å². The molecule has 0 aromatic heterocycles. The van der Waals surface area contributed by atoms with E-state index in [1.165, 1.54) is 21.3 Å². The van der Waals surface area contributed by atoms with Crippen LogP contribution in [0.25, 0.3) is 6.08 Å². The number of halogens is 1. The van der Waals surface area contributed by atoms with Gasteiger partial charge in [0.05, 0.1) is 31.9 Å². The van der Waals surface area contributed by atoms with Crippen molar-refractivity contribution in [3.8, 4) is 17.2 Å². The maximum Gasteiger partial charge on any atom is 0.270 e. The number of rotatable bonds is 7. The quantitative estimate of drug-likeness (QED) is 0.599. The van der Waals surface area contributed by atoms with E-state index in [1.807, 2.05) is 6.92 Å². The van der Waals surface area contributed by atoms with Crippen molar-refractivity contribution in [3.05, 3.63) is 58.2 Å². The lowest BCUT2D eigenvalue weighted by atomic mass is 10.0. The van der Waals surface area contributed by atoms with E-state index in [9.17, 15) is 9.59 Å². The molecule has 7 nitrogen and oxygen atoms in total. The Bertz CT molecular complexity index is 1030. The Morgan fingerprint density at radius 1 is 1.06 bits per heavy atom. The molecule has 2 aromatic carbocycles. The van der Waals surface area contributed by atoms with Crippen LogP contribution in [0.5, 0.6) is 17.2 Å². The molecule has 0 radical (unpaired) electrons. The predicted molar refractivity (Wildman–Crippen MR) is 128 cm³/mol. The third kappa shape index (κ3) is 5.60. The Balaban J connectivity index is 2.04. The number of nitrogens with zero attached hydrogens (tertiary/aromatic N) is 1. The largest absolute Gasteiger partial charge is 0.493 e. The van der Waals surface area contributed by atoms with Crippen LogP contribution in [0.4, 0.5) is 0 Å². The summed E-state index contributed by atoms with van der Waals surface area (Å²) in [5.74, 6) is 0.612. The van der Waals surface area contributed by atoms with E-state index in [-0.39, 0.29) is 23.2 Å². The zero-order valence-electron chi connectivity index (χ0n) is 19.3. The van der Waals surface area contributed by atoms with Crippen molar-refractivity contribution >= 4 is 29.5 Å². The van der Waals surface area contributed by atoms with Crippen LogP contribution in [0.3, 0.4) is 0 Å². The molecule has 1 fully saturated rings. The van der Waals surface area contributed by atoms with Crippen LogP contribution in [-0.2, 0) is 4.79 Å². The van der Waals surface area contributed by atoms with Crippen molar-refractivity contribution in [1.29, 1.82) is 0 Å². The number of hydrogen-bond donors (Lipinski definition) is 1. The van der Waals surface area contributed by atoms with Crippen LogP contribution >= 0.6 is 11.6 Å². The smallest absolute Gasteiger partial charge is 0.270 e. The number of piperidine rings is 1. The SMILES string of the molecule is COc1cc(C=C(NC(=O)c2ccccc2Cl)C(=O)N2CCCCC2C)cc(OC)c1OC. The number of carbonyl (C=O) groups is 2. The minimum absolute atomic E-state index is 0.0757. The number of hydrogen-bond acceptors (Lipinski definition) is 5. The molecule has 1 unspecified atom stereocenters. The molecule has 1 atom stereocenters. The van der Waals surface area contributed by atoms with Crippen molar-refractivity contribution < 1.29 is 23.8 Å². The molecular formula is C25H29ClN2O5. The van der Waals surface area contributed by atoms with Gasteiger partial charge in [0.25, 0.3) is 11.8 Å². The first-order valence-corrected chi connectivity index (χ1v) is 11.2. The third-order valence-corrected chi connectivity index (χ3v) is 5.99. The van der Waals surface area contributed by atoms with Crippen molar-refractivity contribution in [1.82, 2.24) is 10.2 Å². The highest BCUT2D eigenvalue weighted by molar-refractivity contribution is 6.34.